The van der Waals surface area contributed by atoms with Crippen molar-refractivity contribution < 1.29 is 5.11 Å². The van der Waals surface area contributed by atoms with Crippen LogP contribution in [-0.2, 0) is 0 Å². The van der Waals surface area contributed by atoms with Gasteiger partial charge in [0.2, 0.25) is 0 Å². The fraction of sp³-hybridized carbons (Fsp3) is 0.500. The fourth-order valence-corrected chi connectivity index (χ4v) is 0.324. The van der Waals surface area contributed by atoms with Gasteiger partial charge in [0, 0.05) is 0 Å². The molecule has 0 rings (SSSR count). The molecule has 41 valence electrons. The van der Waals surface area contributed by atoms with Crippen molar-refractivity contribution in [2.45, 2.75) is 19.8 Å². The monoisotopic (exact) mass is 99.1 g/mol. The van der Waals surface area contributed by atoms with Gasteiger partial charge in [0.25, 0.3) is 0 Å². The van der Waals surface area contributed by atoms with E-state index in [2.05, 4.69) is 6.92 Å². The van der Waals surface area contributed by atoms with Crippen LogP contribution in [0.5, 0.6) is 0 Å². The van der Waals surface area contributed by atoms with E-state index in [4.69, 9.17) is 5.11 Å². The van der Waals surface area contributed by atoms with Crippen molar-refractivity contribution in [3.63, 3.8) is 0 Å². The van der Waals surface area contributed by atoms with Gasteiger partial charge in [0.05, 0.1) is 0 Å². The van der Waals surface area contributed by atoms with E-state index in [0.29, 0.717) is 0 Å². The van der Waals surface area contributed by atoms with Crippen molar-refractivity contribution in [3.8, 4) is 0 Å². The van der Waals surface area contributed by atoms with Crippen LogP contribution in [0, 0.1) is 6.61 Å². The van der Waals surface area contributed by atoms with E-state index in [-0.39, 0.29) is 0 Å². The zero-order valence-electron chi connectivity index (χ0n) is 4.59. The van der Waals surface area contributed by atoms with Crippen molar-refractivity contribution in [3.05, 3.63) is 18.8 Å². The summed E-state index contributed by atoms with van der Waals surface area (Å²) in [5, 5.41) is 8.08. The van der Waals surface area contributed by atoms with Crippen LogP contribution in [-0.4, -0.2) is 5.11 Å². The molecular formula is C6H11O. The lowest BCUT2D eigenvalue weighted by atomic mass is 10.3. The van der Waals surface area contributed by atoms with Crippen LogP contribution < -0.4 is 0 Å². The Balaban J connectivity index is 2.78. The van der Waals surface area contributed by atoms with Crippen molar-refractivity contribution in [1.29, 1.82) is 0 Å². The van der Waals surface area contributed by atoms with E-state index < -0.39 is 0 Å². The summed E-state index contributed by atoms with van der Waals surface area (Å²) in [5.74, 6) is 0. The SMILES string of the molecule is CCCC=C[CH]O. The van der Waals surface area contributed by atoms with Gasteiger partial charge in [0.15, 0.2) is 0 Å². The van der Waals surface area contributed by atoms with Gasteiger partial charge in [-0.15, -0.1) is 0 Å². The molecular weight excluding hydrogens is 88.1 g/mol. The molecule has 0 spiro atoms. The molecule has 1 N–H and O–H groups in total. The second-order valence-electron chi connectivity index (χ2n) is 1.37. The van der Waals surface area contributed by atoms with Crippen LogP contribution in [0.15, 0.2) is 12.2 Å². The predicted octanol–water partition coefficient (Wildman–Crippen LogP) is 1.88. The van der Waals surface area contributed by atoms with Crippen LogP contribution in [0.1, 0.15) is 19.8 Å². The van der Waals surface area contributed by atoms with E-state index in [0.717, 1.165) is 19.4 Å². The summed E-state index contributed by atoms with van der Waals surface area (Å²) in [6, 6.07) is 0. The van der Waals surface area contributed by atoms with Gasteiger partial charge in [-0.05, 0) is 6.42 Å². The number of aliphatic hydroxyl groups excluding tert-OH is 1. The molecule has 0 fully saturated rings. The molecule has 0 heterocycles. The Morgan fingerprint density at radius 3 is 2.71 bits per heavy atom. The molecule has 0 aliphatic rings. The Labute approximate surface area is 44.7 Å². The minimum atomic E-state index is 1.05. The minimum Gasteiger partial charge on any atom is -0.386 e. The lowest BCUT2D eigenvalue weighted by molar-refractivity contribution is 0.420. The van der Waals surface area contributed by atoms with Gasteiger partial charge in [0.1, 0.15) is 6.61 Å². The number of unbranched alkanes of at least 4 members (excludes halogenated alkanes) is 1. The zero-order valence-corrected chi connectivity index (χ0v) is 4.59. The van der Waals surface area contributed by atoms with Crippen molar-refractivity contribution in [2.24, 2.45) is 0 Å². The van der Waals surface area contributed by atoms with Crippen LogP contribution in [0.25, 0.3) is 0 Å². The van der Waals surface area contributed by atoms with Gasteiger partial charge in [-0.3, -0.25) is 0 Å². The number of rotatable bonds is 3. The molecule has 0 aromatic rings. The Bertz CT molecular complexity index is 48.1. The van der Waals surface area contributed by atoms with E-state index in [9.17, 15) is 0 Å². The average molecular weight is 99.2 g/mol. The van der Waals surface area contributed by atoms with E-state index in [1.807, 2.05) is 6.08 Å². The molecule has 0 unspecified atom stereocenters. The van der Waals surface area contributed by atoms with Gasteiger partial charge in [-0.1, -0.05) is 25.5 Å². The van der Waals surface area contributed by atoms with Crippen molar-refractivity contribution in [1.82, 2.24) is 0 Å². The molecule has 0 amide bonds. The van der Waals surface area contributed by atoms with Gasteiger partial charge >= 0.3 is 0 Å². The topological polar surface area (TPSA) is 20.2 Å². The number of hydrogen-bond donors (Lipinski definition) is 1. The zero-order chi connectivity index (χ0) is 5.54. The van der Waals surface area contributed by atoms with E-state index in [1.165, 1.54) is 0 Å². The van der Waals surface area contributed by atoms with E-state index >= 15 is 0 Å². The highest BCUT2D eigenvalue weighted by atomic mass is 16.2. The molecule has 0 aromatic carbocycles. The summed E-state index contributed by atoms with van der Waals surface area (Å²) in [6.07, 6.45) is 5.77. The first kappa shape index (κ1) is 6.70. The summed E-state index contributed by atoms with van der Waals surface area (Å²) in [4.78, 5) is 0. The quantitative estimate of drug-likeness (QED) is 0.572. The van der Waals surface area contributed by atoms with Gasteiger partial charge in [-0.2, -0.15) is 0 Å². The van der Waals surface area contributed by atoms with Gasteiger partial charge < -0.3 is 5.11 Å². The summed E-state index contributed by atoms with van der Waals surface area (Å²) in [6.45, 7) is 3.15. The first-order valence-corrected chi connectivity index (χ1v) is 2.54. The first-order chi connectivity index (χ1) is 3.41. The highest BCUT2D eigenvalue weighted by molar-refractivity contribution is 4.86. The normalized spacial score (nSPS) is 10.6. The van der Waals surface area contributed by atoms with Crippen LogP contribution in [0.4, 0.5) is 0 Å². The van der Waals surface area contributed by atoms with Crippen molar-refractivity contribution >= 4 is 0 Å². The molecule has 1 radical (unpaired) electrons. The highest BCUT2D eigenvalue weighted by Gasteiger charge is 1.69. The first-order valence-electron chi connectivity index (χ1n) is 2.54. The molecule has 0 saturated heterocycles. The Hall–Kier alpha value is -0.300. The molecule has 0 aliphatic heterocycles. The molecule has 0 aromatic heterocycles. The Morgan fingerprint density at radius 2 is 2.29 bits per heavy atom. The maximum atomic E-state index is 8.08. The van der Waals surface area contributed by atoms with Crippen molar-refractivity contribution in [2.75, 3.05) is 0 Å². The second-order valence-corrected chi connectivity index (χ2v) is 1.37. The molecule has 0 bridgehead atoms. The number of allylic oxidation sites excluding steroid dienone is 1. The summed E-state index contributed by atoms with van der Waals surface area (Å²) >= 11 is 0. The lowest BCUT2D eigenvalue weighted by Crippen LogP contribution is -1.62. The molecule has 1 nitrogen and oxygen atoms in total. The third kappa shape index (κ3) is 5.70. The Morgan fingerprint density at radius 1 is 1.57 bits per heavy atom. The van der Waals surface area contributed by atoms with Crippen LogP contribution in [0.2, 0.25) is 0 Å². The highest BCUT2D eigenvalue weighted by Crippen LogP contribution is 1.87. The summed E-state index contributed by atoms with van der Waals surface area (Å²) in [5.41, 5.74) is 0. The molecule has 0 aliphatic carbocycles. The number of aliphatic hydroxyl groups is 1. The average Bonchev–Trinajstić information content (AvgIpc) is 1.69. The van der Waals surface area contributed by atoms with Crippen LogP contribution >= 0.6 is 0 Å². The van der Waals surface area contributed by atoms with E-state index in [1.54, 1.807) is 6.08 Å². The maximum absolute atomic E-state index is 8.08. The second kappa shape index (κ2) is 5.70. The largest absolute Gasteiger partial charge is 0.386 e. The molecule has 0 saturated carbocycles. The summed E-state index contributed by atoms with van der Waals surface area (Å²) in [7, 11) is 0. The predicted molar refractivity (Wildman–Crippen MR) is 30.3 cm³/mol. The third-order valence-corrected chi connectivity index (χ3v) is 0.677. The fourth-order valence-electron chi connectivity index (χ4n) is 0.324. The maximum Gasteiger partial charge on any atom is 0.102 e. The smallest absolute Gasteiger partial charge is 0.102 e. The minimum absolute atomic E-state index is 1.05. The Kier molecular flexibility index (Phi) is 5.46. The third-order valence-electron chi connectivity index (χ3n) is 0.677. The lowest BCUT2D eigenvalue weighted by Gasteiger charge is -1.79. The van der Waals surface area contributed by atoms with Gasteiger partial charge in [-0.25, -0.2) is 0 Å². The van der Waals surface area contributed by atoms with Crippen LogP contribution in [0.3, 0.4) is 0 Å². The summed E-state index contributed by atoms with van der Waals surface area (Å²) < 4.78 is 0. The molecule has 7 heavy (non-hydrogen) atoms. The molecule has 0 atom stereocenters. The number of hydrogen-bond acceptors (Lipinski definition) is 1. The standard InChI is InChI=1S/C6H11O/c1-2-3-4-5-6-7/h4-7H,2-3H2,1H3. The molecule has 1 heteroatoms.